The Morgan fingerprint density at radius 1 is 0.944 bits per heavy atom. The lowest BCUT2D eigenvalue weighted by Gasteiger charge is -2.15. The Kier molecular flexibility index (Phi) is 8.21. The third-order valence-electron chi connectivity index (χ3n) is 5.62. The van der Waals surface area contributed by atoms with Gasteiger partial charge in [-0.05, 0) is 24.1 Å². The van der Waals surface area contributed by atoms with E-state index in [4.69, 9.17) is 4.98 Å². The average Bonchev–Trinajstić information content (AvgIpc) is 2.88. The second-order valence-electron chi connectivity index (χ2n) is 8.58. The Balaban J connectivity index is 1.61. The Morgan fingerprint density at radius 2 is 1.58 bits per heavy atom. The van der Waals surface area contributed by atoms with Gasteiger partial charge in [-0.15, -0.1) is 11.8 Å². The van der Waals surface area contributed by atoms with Crippen LogP contribution in [0.3, 0.4) is 0 Å². The van der Waals surface area contributed by atoms with Gasteiger partial charge in [-0.2, -0.15) is 5.26 Å². The number of hydrogen-bond acceptors (Lipinski definition) is 6. The van der Waals surface area contributed by atoms with Crippen molar-refractivity contribution in [3.8, 4) is 28.5 Å². The van der Waals surface area contributed by atoms with Crippen LogP contribution in [0.5, 0.6) is 0 Å². The smallest absolute Gasteiger partial charge is 0.157 e. The van der Waals surface area contributed by atoms with E-state index in [0.29, 0.717) is 21.8 Å². The van der Waals surface area contributed by atoms with Crippen molar-refractivity contribution in [2.75, 3.05) is 11.5 Å². The van der Waals surface area contributed by atoms with Gasteiger partial charge in [-0.3, -0.25) is 0 Å². The zero-order valence-corrected chi connectivity index (χ0v) is 21.5. The number of hydrogen-bond donors (Lipinski definition) is 1. The Hall–Kier alpha value is -3.44. The van der Waals surface area contributed by atoms with Crippen molar-refractivity contribution in [2.24, 2.45) is 0 Å². The first kappa shape index (κ1) is 25.6. The van der Waals surface area contributed by atoms with Gasteiger partial charge in [0.2, 0.25) is 0 Å². The molecule has 0 bridgehead atoms. The highest BCUT2D eigenvalue weighted by atomic mass is 32.2. The summed E-state index contributed by atoms with van der Waals surface area (Å²) in [5.41, 5.74) is 5.47. The van der Waals surface area contributed by atoms with Crippen LogP contribution in [-0.2, 0) is 15.6 Å². The fraction of sp³-hybridized carbons (Fsp3) is 0.172. The molecule has 0 radical (unpaired) electrons. The molecule has 5 nitrogen and oxygen atoms in total. The van der Waals surface area contributed by atoms with Gasteiger partial charge in [-0.25, -0.2) is 13.4 Å². The SMILES string of the molecule is Cc1ccc(-c2cc(-c3ccccc3)c(C#N)c(SC[C@H](O)CS(=O)(=O)Cc3ccccc3)n2)cc1. The number of nitrogens with zero attached hydrogens (tertiary/aromatic N) is 2. The minimum absolute atomic E-state index is 0.0985. The van der Waals surface area contributed by atoms with Crippen LogP contribution in [0.25, 0.3) is 22.4 Å². The number of nitriles is 1. The summed E-state index contributed by atoms with van der Waals surface area (Å²) in [6, 6.07) is 30.7. The number of thioether (sulfide) groups is 1. The van der Waals surface area contributed by atoms with Gasteiger partial charge >= 0.3 is 0 Å². The lowest BCUT2D eigenvalue weighted by atomic mass is 9.99. The number of aromatic nitrogens is 1. The van der Waals surface area contributed by atoms with E-state index in [1.54, 1.807) is 24.3 Å². The topological polar surface area (TPSA) is 91.0 Å². The van der Waals surface area contributed by atoms with Crippen molar-refractivity contribution in [1.29, 1.82) is 5.26 Å². The summed E-state index contributed by atoms with van der Waals surface area (Å²) in [7, 11) is -3.51. The molecule has 0 saturated heterocycles. The Morgan fingerprint density at radius 3 is 2.22 bits per heavy atom. The summed E-state index contributed by atoms with van der Waals surface area (Å²) >= 11 is 1.20. The molecule has 182 valence electrons. The van der Waals surface area contributed by atoms with Gasteiger partial charge < -0.3 is 5.11 Å². The normalized spacial score (nSPS) is 12.1. The summed E-state index contributed by atoms with van der Waals surface area (Å²) in [5.74, 6) is -0.389. The summed E-state index contributed by atoms with van der Waals surface area (Å²) in [4.78, 5) is 4.75. The zero-order chi connectivity index (χ0) is 25.5. The van der Waals surface area contributed by atoms with Crippen LogP contribution >= 0.6 is 11.8 Å². The molecule has 0 aliphatic heterocycles. The second kappa shape index (κ2) is 11.5. The van der Waals surface area contributed by atoms with E-state index >= 15 is 0 Å². The summed E-state index contributed by atoms with van der Waals surface area (Å²) < 4.78 is 25.2. The number of benzene rings is 3. The molecule has 7 heteroatoms. The molecule has 1 heterocycles. The maximum atomic E-state index is 12.6. The lowest BCUT2D eigenvalue weighted by molar-refractivity contribution is 0.222. The van der Waals surface area contributed by atoms with E-state index in [-0.39, 0.29) is 17.3 Å². The van der Waals surface area contributed by atoms with Gasteiger partial charge in [0.05, 0.1) is 28.9 Å². The fourth-order valence-corrected chi connectivity index (χ4v) is 6.46. The number of aliphatic hydroxyl groups is 1. The molecule has 36 heavy (non-hydrogen) atoms. The summed E-state index contributed by atoms with van der Waals surface area (Å²) in [6.07, 6.45) is -1.10. The molecule has 0 aliphatic carbocycles. The maximum absolute atomic E-state index is 12.6. The summed E-state index contributed by atoms with van der Waals surface area (Å²) in [5, 5.41) is 21.1. The number of rotatable bonds is 9. The molecule has 0 aliphatic rings. The van der Waals surface area contributed by atoms with Gasteiger partial charge in [0.1, 0.15) is 11.1 Å². The third-order valence-corrected chi connectivity index (χ3v) is 8.40. The first-order valence-electron chi connectivity index (χ1n) is 11.5. The number of aliphatic hydroxyl groups excluding tert-OH is 1. The lowest BCUT2D eigenvalue weighted by Crippen LogP contribution is -2.24. The number of pyridine rings is 1. The van der Waals surface area contributed by atoms with E-state index in [1.165, 1.54) is 11.8 Å². The molecule has 3 aromatic carbocycles. The third kappa shape index (κ3) is 6.61. The van der Waals surface area contributed by atoms with Crippen LogP contribution in [0.4, 0.5) is 0 Å². The van der Waals surface area contributed by atoms with Crippen molar-refractivity contribution in [2.45, 2.75) is 23.8 Å². The van der Waals surface area contributed by atoms with E-state index < -0.39 is 15.9 Å². The summed E-state index contributed by atoms with van der Waals surface area (Å²) in [6.45, 7) is 2.01. The highest BCUT2D eigenvalue weighted by molar-refractivity contribution is 7.99. The first-order chi connectivity index (χ1) is 17.3. The standard InChI is InChI=1S/C29H26N2O3S2/c1-21-12-14-24(15-13-21)28-16-26(23-10-6-3-7-11-23)27(17-30)29(31-28)35-18-25(32)20-36(33,34)19-22-8-4-2-5-9-22/h2-16,25,32H,18-20H2,1H3/t25-/m0/s1. The zero-order valence-electron chi connectivity index (χ0n) is 19.8. The monoisotopic (exact) mass is 514 g/mol. The van der Waals surface area contributed by atoms with E-state index in [1.807, 2.05) is 73.7 Å². The van der Waals surface area contributed by atoms with E-state index in [0.717, 1.165) is 22.3 Å². The molecule has 1 N–H and O–H groups in total. The molecule has 1 atom stereocenters. The minimum Gasteiger partial charge on any atom is -0.391 e. The maximum Gasteiger partial charge on any atom is 0.157 e. The molecule has 4 aromatic rings. The minimum atomic E-state index is -3.51. The molecule has 4 rings (SSSR count). The largest absolute Gasteiger partial charge is 0.391 e. The van der Waals surface area contributed by atoms with E-state index in [2.05, 4.69) is 6.07 Å². The highest BCUT2D eigenvalue weighted by Crippen LogP contribution is 2.34. The molecule has 0 fully saturated rings. The van der Waals surface area contributed by atoms with Crippen LogP contribution in [0, 0.1) is 18.3 Å². The molecular formula is C29H26N2O3S2. The predicted octanol–water partition coefficient (Wildman–Crippen LogP) is 5.66. The second-order valence-corrected chi connectivity index (χ2v) is 11.7. The van der Waals surface area contributed by atoms with Crippen LogP contribution in [0.1, 0.15) is 16.7 Å². The van der Waals surface area contributed by atoms with Gasteiger partial charge in [0.25, 0.3) is 0 Å². The van der Waals surface area contributed by atoms with Crippen molar-refractivity contribution in [1.82, 2.24) is 4.98 Å². The van der Waals surface area contributed by atoms with E-state index in [9.17, 15) is 18.8 Å². The van der Waals surface area contributed by atoms with Gasteiger partial charge in [-0.1, -0.05) is 90.5 Å². The first-order valence-corrected chi connectivity index (χ1v) is 14.3. The van der Waals surface area contributed by atoms with Crippen LogP contribution in [0.15, 0.2) is 96.0 Å². The molecule has 0 spiro atoms. The van der Waals surface area contributed by atoms with Crippen molar-refractivity contribution < 1.29 is 13.5 Å². The van der Waals surface area contributed by atoms with Crippen LogP contribution in [0.2, 0.25) is 0 Å². The number of sulfone groups is 1. The fourth-order valence-electron chi connectivity index (χ4n) is 3.86. The van der Waals surface area contributed by atoms with Crippen LogP contribution in [-0.4, -0.2) is 36.1 Å². The Bertz CT molecular complexity index is 1470. The quantitative estimate of drug-likeness (QED) is 0.290. The highest BCUT2D eigenvalue weighted by Gasteiger charge is 2.21. The number of aryl methyl sites for hydroxylation is 1. The van der Waals surface area contributed by atoms with Crippen molar-refractivity contribution in [3.63, 3.8) is 0 Å². The molecule has 0 amide bonds. The predicted molar refractivity (Wildman–Crippen MR) is 145 cm³/mol. The molecule has 0 saturated carbocycles. The average molecular weight is 515 g/mol. The molecule has 1 aromatic heterocycles. The molecule has 0 unspecified atom stereocenters. The Labute approximate surface area is 216 Å². The van der Waals surface area contributed by atoms with Gasteiger partial charge in [0.15, 0.2) is 9.84 Å². The molecular weight excluding hydrogens is 488 g/mol. The van der Waals surface area contributed by atoms with Gasteiger partial charge in [0, 0.05) is 16.9 Å². The van der Waals surface area contributed by atoms with Crippen molar-refractivity contribution >= 4 is 21.6 Å². The van der Waals surface area contributed by atoms with Crippen molar-refractivity contribution in [3.05, 3.63) is 108 Å². The van der Waals surface area contributed by atoms with Crippen LogP contribution < -0.4 is 0 Å².